The van der Waals surface area contributed by atoms with E-state index < -0.39 is 17.9 Å². The highest BCUT2D eigenvalue weighted by Crippen LogP contribution is 2.30. The first-order valence-corrected chi connectivity index (χ1v) is 9.48. The second-order valence-corrected chi connectivity index (χ2v) is 7.14. The number of carbonyl (C=O) groups is 3. The predicted molar refractivity (Wildman–Crippen MR) is 101 cm³/mol. The summed E-state index contributed by atoms with van der Waals surface area (Å²) in [5.41, 5.74) is 0. The minimum absolute atomic E-state index is 0.224. The second kappa shape index (κ2) is 9.33. The SMILES string of the molecule is COC(=O)c1ccc(CN2CC(c3nc(-c4cccs4)no3)C2)o1.O=C(O)C(=O)O. The van der Waals surface area contributed by atoms with Gasteiger partial charge in [-0.05, 0) is 23.6 Å². The molecule has 2 N–H and O–H groups in total. The zero-order chi connectivity index (χ0) is 21.7. The highest BCUT2D eigenvalue weighted by Gasteiger charge is 2.33. The van der Waals surface area contributed by atoms with Crippen LogP contribution < -0.4 is 0 Å². The highest BCUT2D eigenvalue weighted by molar-refractivity contribution is 7.13. The Kier molecular flexibility index (Phi) is 6.59. The molecule has 1 fully saturated rings. The monoisotopic (exact) mass is 435 g/mol. The number of rotatable bonds is 5. The molecule has 0 unspecified atom stereocenters. The van der Waals surface area contributed by atoms with Crippen molar-refractivity contribution in [3.8, 4) is 10.7 Å². The Morgan fingerprint density at radius 1 is 1.23 bits per heavy atom. The highest BCUT2D eigenvalue weighted by atomic mass is 32.1. The van der Waals surface area contributed by atoms with Crippen LogP contribution in [0.3, 0.4) is 0 Å². The third kappa shape index (κ3) is 5.10. The van der Waals surface area contributed by atoms with Gasteiger partial charge in [0.25, 0.3) is 0 Å². The Morgan fingerprint density at radius 3 is 2.57 bits per heavy atom. The van der Waals surface area contributed by atoms with E-state index in [0.717, 1.165) is 23.7 Å². The van der Waals surface area contributed by atoms with Crippen molar-refractivity contribution in [3.63, 3.8) is 0 Å². The zero-order valence-electron chi connectivity index (χ0n) is 15.7. The number of likely N-dealkylation sites (tertiary alicyclic amines) is 1. The molecule has 0 aliphatic carbocycles. The first kappa shape index (κ1) is 21.2. The summed E-state index contributed by atoms with van der Waals surface area (Å²) >= 11 is 1.59. The van der Waals surface area contributed by atoms with Crippen LogP contribution in [0.5, 0.6) is 0 Å². The molecule has 12 heteroatoms. The average molecular weight is 435 g/mol. The Balaban J connectivity index is 0.000000377. The number of carbonyl (C=O) groups excluding carboxylic acids is 1. The molecule has 30 heavy (non-hydrogen) atoms. The molecule has 11 nitrogen and oxygen atoms in total. The summed E-state index contributed by atoms with van der Waals surface area (Å²) in [7, 11) is 1.33. The van der Waals surface area contributed by atoms with Crippen LogP contribution in [0.2, 0.25) is 0 Å². The van der Waals surface area contributed by atoms with Crippen LogP contribution in [0, 0.1) is 0 Å². The minimum atomic E-state index is -1.82. The molecule has 1 aliphatic rings. The molecule has 1 saturated heterocycles. The van der Waals surface area contributed by atoms with Gasteiger partial charge in [0.2, 0.25) is 17.5 Å². The number of ether oxygens (including phenoxy) is 1. The van der Waals surface area contributed by atoms with Gasteiger partial charge >= 0.3 is 17.9 Å². The van der Waals surface area contributed by atoms with Crippen molar-refractivity contribution in [2.24, 2.45) is 0 Å². The standard InChI is InChI=1S/C16H15N3O4S.C2H2O4/c1-21-16(20)12-5-4-11(22-12)9-19-7-10(8-19)15-17-14(18-23-15)13-3-2-6-24-13;3-1(4)2(5)6/h2-6,10H,7-9H2,1H3;(H,3,4)(H,5,6). The topological polar surface area (TPSA) is 156 Å². The Labute approximate surface area is 173 Å². The van der Waals surface area contributed by atoms with Crippen molar-refractivity contribution in [2.75, 3.05) is 20.2 Å². The van der Waals surface area contributed by atoms with Crippen molar-refractivity contribution in [2.45, 2.75) is 12.5 Å². The van der Waals surface area contributed by atoms with E-state index in [2.05, 4.69) is 19.8 Å². The average Bonchev–Trinajstić information content (AvgIpc) is 3.45. The summed E-state index contributed by atoms with van der Waals surface area (Å²) in [6, 6.07) is 7.36. The molecule has 0 saturated carbocycles. The molecule has 3 aromatic rings. The van der Waals surface area contributed by atoms with Crippen LogP contribution >= 0.6 is 11.3 Å². The van der Waals surface area contributed by atoms with Gasteiger partial charge in [0.15, 0.2) is 0 Å². The third-order valence-corrected chi connectivity index (χ3v) is 4.97. The molecule has 4 heterocycles. The molecule has 0 atom stereocenters. The van der Waals surface area contributed by atoms with E-state index in [-0.39, 0.29) is 11.7 Å². The molecule has 158 valence electrons. The molecule has 0 amide bonds. The van der Waals surface area contributed by atoms with Crippen molar-refractivity contribution in [3.05, 3.63) is 47.1 Å². The van der Waals surface area contributed by atoms with E-state index in [4.69, 9.17) is 28.7 Å². The fourth-order valence-electron chi connectivity index (χ4n) is 2.66. The lowest BCUT2D eigenvalue weighted by atomic mass is 10.00. The van der Waals surface area contributed by atoms with Gasteiger partial charge < -0.3 is 23.9 Å². The molecule has 0 bridgehead atoms. The fraction of sp³-hybridized carbons (Fsp3) is 0.278. The van der Waals surface area contributed by atoms with E-state index in [9.17, 15) is 4.79 Å². The molecular formula is C18H17N3O8S. The van der Waals surface area contributed by atoms with Crippen molar-refractivity contribution in [1.29, 1.82) is 0 Å². The summed E-state index contributed by atoms with van der Waals surface area (Å²) in [6.45, 7) is 2.28. The van der Waals surface area contributed by atoms with Gasteiger partial charge in [-0.3, -0.25) is 4.90 Å². The zero-order valence-corrected chi connectivity index (χ0v) is 16.5. The van der Waals surface area contributed by atoms with Gasteiger partial charge in [0.05, 0.1) is 24.4 Å². The normalized spacial score (nSPS) is 13.8. The van der Waals surface area contributed by atoms with Crippen molar-refractivity contribution in [1.82, 2.24) is 15.0 Å². The molecule has 0 aromatic carbocycles. The number of esters is 1. The van der Waals surface area contributed by atoms with E-state index in [0.29, 0.717) is 18.3 Å². The van der Waals surface area contributed by atoms with Crippen LogP contribution in [-0.4, -0.2) is 63.4 Å². The largest absolute Gasteiger partial charge is 0.473 e. The summed E-state index contributed by atoms with van der Waals surface area (Å²) < 4.78 is 15.5. The number of hydrogen-bond donors (Lipinski definition) is 2. The van der Waals surface area contributed by atoms with Gasteiger partial charge in [-0.15, -0.1) is 11.3 Å². The summed E-state index contributed by atoms with van der Waals surface area (Å²) in [4.78, 5) is 37.3. The maximum atomic E-state index is 11.4. The van der Waals surface area contributed by atoms with E-state index >= 15 is 0 Å². The third-order valence-electron chi connectivity index (χ3n) is 4.10. The van der Waals surface area contributed by atoms with Crippen LogP contribution in [0.1, 0.15) is 28.1 Å². The molecule has 0 spiro atoms. The Morgan fingerprint density at radius 2 is 1.97 bits per heavy atom. The quantitative estimate of drug-likeness (QED) is 0.446. The number of carboxylic acids is 2. The van der Waals surface area contributed by atoms with Gasteiger partial charge in [-0.2, -0.15) is 4.98 Å². The summed E-state index contributed by atoms with van der Waals surface area (Å²) in [5, 5.41) is 20.8. The summed E-state index contributed by atoms with van der Waals surface area (Å²) in [5.74, 6) is -1.60. The first-order chi connectivity index (χ1) is 14.4. The Hall–Kier alpha value is -3.51. The number of carboxylic acid groups (broad SMARTS) is 2. The lowest BCUT2D eigenvalue weighted by molar-refractivity contribution is -0.159. The number of aliphatic carboxylic acids is 2. The number of methoxy groups -OCH3 is 1. The summed E-state index contributed by atoms with van der Waals surface area (Å²) in [6.07, 6.45) is 0. The van der Waals surface area contributed by atoms with Gasteiger partial charge in [-0.25, -0.2) is 14.4 Å². The van der Waals surface area contributed by atoms with Gasteiger partial charge in [0.1, 0.15) is 5.76 Å². The maximum absolute atomic E-state index is 11.4. The number of aromatic nitrogens is 2. The van der Waals surface area contributed by atoms with Crippen LogP contribution in [-0.2, 0) is 20.9 Å². The Bertz CT molecular complexity index is 1010. The molecule has 4 rings (SSSR count). The number of nitrogens with zero attached hydrogens (tertiary/aromatic N) is 3. The van der Waals surface area contributed by atoms with Gasteiger partial charge in [-0.1, -0.05) is 11.2 Å². The number of hydrogen-bond acceptors (Lipinski definition) is 10. The van der Waals surface area contributed by atoms with E-state index in [1.165, 1.54) is 7.11 Å². The first-order valence-electron chi connectivity index (χ1n) is 8.60. The van der Waals surface area contributed by atoms with E-state index in [1.54, 1.807) is 23.5 Å². The second-order valence-electron chi connectivity index (χ2n) is 6.19. The van der Waals surface area contributed by atoms with Gasteiger partial charge in [0, 0.05) is 13.1 Å². The number of furan rings is 1. The van der Waals surface area contributed by atoms with Crippen molar-refractivity contribution >= 4 is 29.2 Å². The lowest BCUT2D eigenvalue weighted by Crippen LogP contribution is -2.44. The molecular weight excluding hydrogens is 418 g/mol. The van der Waals surface area contributed by atoms with Crippen LogP contribution in [0.25, 0.3) is 10.7 Å². The van der Waals surface area contributed by atoms with Crippen LogP contribution in [0.15, 0.2) is 38.6 Å². The predicted octanol–water partition coefficient (Wildman–Crippen LogP) is 1.93. The molecule has 3 aromatic heterocycles. The smallest absolute Gasteiger partial charge is 0.414 e. The van der Waals surface area contributed by atoms with E-state index in [1.807, 2.05) is 17.5 Å². The van der Waals surface area contributed by atoms with Crippen molar-refractivity contribution < 1.29 is 38.3 Å². The fourth-order valence-corrected chi connectivity index (χ4v) is 3.30. The molecule has 1 aliphatic heterocycles. The lowest BCUT2D eigenvalue weighted by Gasteiger charge is -2.36. The maximum Gasteiger partial charge on any atom is 0.414 e. The minimum Gasteiger partial charge on any atom is -0.473 e. The molecule has 0 radical (unpaired) electrons. The van der Waals surface area contributed by atoms with Crippen LogP contribution in [0.4, 0.5) is 0 Å². The number of thiophene rings is 1.